The van der Waals surface area contributed by atoms with Gasteiger partial charge in [0.2, 0.25) is 0 Å². The second-order valence-electron chi connectivity index (χ2n) is 6.58. The van der Waals surface area contributed by atoms with E-state index in [2.05, 4.69) is 14.4 Å². The third-order valence-electron chi connectivity index (χ3n) is 4.20. The zero-order valence-corrected chi connectivity index (χ0v) is 18.2. The molecule has 2 amide bonds. The summed E-state index contributed by atoms with van der Waals surface area (Å²) in [6, 6.07) is 10.9. The summed E-state index contributed by atoms with van der Waals surface area (Å²) in [6.45, 7) is 0.123. The highest BCUT2D eigenvalue weighted by molar-refractivity contribution is 7.92. The minimum atomic E-state index is -4.94. The van der Waals surface area contributed by atoms with Crippen LogP contribution in [-0.4, -0.2) is 25.8 Å². The lowest BCUT2D eigenvalue weighted by molar-refractivity contribution is -0.274. The average molecular weight is 501 g/mol. The predicted octanol–water partition coefficient (Wildman–Crippen LogP) is 4.52. The fraction of sp³-hybridized carbons (Fsp3) is 0.100. The number of nitrogens with zero attached hydrogens (tertiary/aromatic N) is 2. The van der Waals surface area contributed by atoms with Crippen LogP contribution in [0.5, 0.6) is 5.75 Å². The highest BCUT2D eigenvalue weighted by atomic mass is 35.5. The molecule has 0 radical (unpaired) electrons. The van der Waals surface area contributed by atoms with Gasteiger partial charge in [0.15, 0.2) is 0 Å². The SMILES string of the molecule is NC(=O)N(Cc1cccnc1)c1ccc(S(=O)(=O)Nc2ccc(OC(F)(F)F)c(Cl)c2)cc1. The second kappa shape index (κ2) is 9.55. The summed E-state index contributed by atoms with van der Waals surface area (Å²) in [6.07, 6.45) is -1.80. The molecule has 0 saturated heterocycles. The summed E-state index contributed by atoms with van der Waals surface area (Å²) in [4.78, 5) is 16.9. The molecule has 0 bridgehead atoms. The number of primary amides is 1. The maximum Gasteiger partial charge on any atom is 0.573 e. The molecule has 13 heteroatoms. The zero-order valence-electron chi connectivity index (χ0n) is 16.6. The Kier molecular flexibility index (Phi) is 6.98. The Balaban J connectivity index is 1.77. The van der Waals surface area contributed by atoms with Gasteiger partial charge in [0.1, 0.15) is 5.75 Å². The van der Waals surface area contributed by atoms with E-state index in [4.69, 9.17) is 17.3 Å². The van der Waals surface area contributed by atoms with Crippen molar-refractivity contribution < 1.29 is 31.1 Å². The first-order valence-electron chi connectivity index (χ1n) is 9.09. The van der Waals surface area contributed by atoms with Crippen LogP contribution in [0.3, 0.4) is 0 Å². The first kappa shape index (κ1) is 24.1. The van der Waals surface area contributed by atoms with E-state index in [1.165, 1.54) is 29.2 Å². The summed E-state index contributed by atoms with van der Waals surface area (Å²) >= 11 is 5.75. The van der Waals surface area contributed by atoms with Gasteiger partial charge in [-0.15, -0.1) is 13.2 Å². The van der Waals surface area contributed by atoms with E-state index < -0.39 is 33.2 Å². The van der Waals surface area contributed by atoms with E-state index in [1.54, 1.807) is 24.5 Å². The monoisotopic (exact) mass is 500 g/mol. The van der Waals surface area contributed by atoms with Crippen LogP contribution in [0.4, 0.5) is 29.3 Å². The Morgan fingerprint density at radius 1 is 1.15 bits per heavy atom. The number of halogens is 4. The average Bonchev–Trinajstić information content (AvgIpc) is 2.73. The number of benzene rings is 2. The van der Waals surface area contributed by atoms with Crippen LogP contribution in [-0.2, 0) is 16.6 Å². The maximum atomic E-state index is 12.7. The van der Waals surface area contributed by atoms with Crippen molar-refractivity contribution >= 4 is 39.0 Å². The van der Waals surface area contributed by atoms with Crippen molar-refractivity contribution in [1.82, 2.24) is 4.98 Å². The van der Waals surface area contributed by atoms with E-state index in [-0.39, 0.29) is 17.1 Å². The Labute approximate surface area is 191 Å². The van der Waals surface area contributed by atoms with Gasteiger partial charge in [-0.3, -0.25) is 14.6 Å². The molecular formula is C20H16ClF3N4O4S. The predicted molar refractivity (Wildman–Crippen MR) is 115 cm³/mol. The molecule has 3 N–H and O–H groups in total. The molecule has 0 aliphatic heterocycles. The molecule has 0 saturated carbocycles. The molecule has 3 rings (SSSR count). The topological polar surface area (TPSA) is 115 Å². The minimum Gasteiger partial charge on any atom is -0.404 e. The molecule has 0 atom stereocenters. The lowest BCUT2D eigenvalue weighted by atomic mass is 10.2. The second-order valence-corrected chi connectivity index (χ2v) is 8.67. The number of carbonyl (C=O) groups is 1. The van der Waals surface area contributed by atoms with Crippen molar-refractivity contribution in [3.63, 3.8) is 0 Å². The number of nitrogens with one attached hydrogen (secondary N) is 1. The molecule has 1 aromatic heterocycles. The fourth-order valence-electron chi connectivity index (χ4n) is 2.76. The van der Waals surface area contributed by atoms with Crippen LogP contribution >= 0.6 is 11.6 Å². The van der Waals surface area contributed by atoms with Crippen LogP contribution in [0.1, 0.15) is 5.56 Å². The van der Waals surface area contributed by atoms with E-state index in [0.29, 0.717) is 11.3 Å². The van der Waals surface area contributed by atoms with Gasteiger partial charge in [-0.1, -0.05) is 17.7 Å². The molecule has 0 fully saturated rings. The lowest BCUT2D eigenvalue weighted by Crippen LogP contribution is -2.35. The number of anilines is 2. The molecule has 0 spiro atoms. The molecule has 174 valence electrons. The molecule has 3 aromatic rings. The van der Waals surface area contributed by atoms with Crippen LogP contribution < -0.4 is 20.1 Å². The zero-order chi connectivity index (χ0) is 24.2. The molecule has 0 aliphatic rings. The molecule has 0 aliphatic carbocycles. The van der Waals surface area contributed by atoms with Crippen molar-refractivity contribution in [2.75, 3.05) is 9.62 Å². The van der Waals surface area contributed by atoms with Gasteiger partial charge in [0.05, 0.1) is 22.2 Å². The molecule has 1 heterocycles. The van der Waals surface area contributed by atoms with Crippen molar-refractivity contribution in [1.29, 1.82) is 0 Å². The van der Waals surface area contributed by atoms with E-state index >= 15 is 0 Å². The number of amides is 2. The van der Waals surface area contributed by atoms with E-state index in [0.717, 1.165) is 18.2 Å². The van der Waals surface area contributed by atoms with E-state index in [9.17, 15) is 26.4 Å². The van der Waals surface area contributed by atoms with Crippen molar-refractivity contribution in [2.45, 2.75) is 17.8 Å². The Morgan fingerprint density at radius 3 is 2.39 bits per heavy atom. The van der Waals surface area contributed by atoms with Gasteiger partial charge in [-0.05, 0) is 54.1 Å². The van der Waals surface area contributed by atoms with Gasteiger partial charge in [0, 0.05) is 18.1 Å². The molecule has 8 nitrogen and oxygen atoms in total. The number of rotatable bonds is 7. The standard InChI is InChI=1S/C20H16ClF3N4O4S/c21-17-10-14(3-8-18(17)32-20(22,23)24)27-33(30,31)16-6-4-15(5-7-16)28(19(25)29)12-13-2-1-9-26-11-13/h1-11,27H,12H2,(H2,25,29). The van der Waals surface area contributed by atoms with Gasteiger partial charge >= 0.3 is 12.4 Å². The van der Waals surface area contributed by atoms with Crippen LogP contribution in [0.15, 0.2) is 71.9 Å². The number of hydrogen-bond acceptors (Lipinski definition) is 5. The van der Waals surface area contributed by atoms with Gasteiger partial charge in [-0.2, -0.15) is 0 Å². The number of hydrogen-bond donors (Lipinski definition) is 2. The number of alkyl halides is 3. The highest BCUT2D eigenvalue weighted by Gasteiger charge is 2.32. The van der Waals surface area contributed by atoms with E-state index in [1.807, 2.05) is 0 Å². The number of nitrogens with two attached hydrogens (primary N) is 1. The summed E-state index contributed by atoms with van der Waals surface area (Å²) in [5.41, 5.74) is 6.44. The van der Waals surface area contributed by atoms with Gasteiger partial charge in [0.25, 0.3) is 10.0 Å². The largest absolute Gasteiger partial charge is 0.573 e. The molecule has 2 aromatic carbocycles. The molecular weight excluding hydrogens is 485 g/mol. The van der Waals surface area contributed by atoms with Crippen LogP contribution in [0.2, 0.25) is 5.02 Å². The smallest absolute Gasteiger partial charge is 0.404 e. The highest BCUT2D eigenvalue weighted by Crippen LogP contribution is 2.33. The van der Waals surface area contributed by atoms with Gasteiger partial charge < -0.3 is 10.5 Å². The van der Waals surface area contributed by atoms with Gasteiger partial charge in [-0.25, -0.2) is 13.2 Å². The number of sulfonamides is 1. The number of ether oxygens (including phenoxy) is 1. The Bertz CT molecular complexity index is 1240. The summed E-state index contributed by atoms with van der Waals surface area (Å²) in [7, 11) is -4.12. The third-order valence-corrected chi connectivity index (χ3v) is 5.89. The Hall–Kier alpha value is -3.51. The number of pyridine rings is 1. The van der Waals surface area contributed by atoms with Crippen LogP contribution in [0.25, 0.3) is 0 Å². The third kappa shape index (κ3) is 6.49. The van der Waals surface area contributed by atoms with Crippen molar-refractivity contribution in [2.24, 2.45) is 5.73 Å². The summed E-state index contributed by atoms with van der Waals surface area (Å²) in [5, 5.41) is -0.435. The first-order chi connectivity index (χ1) is 15.4. The summed E-state index contributed by atoms with van der Waals surface area (Å²) < 4.78 is 68.3. The van der Waals surface area contributed by atoms with Crippen molar-refractivity contribution in [3.8, 4) is 5.75 Å². The first-order valence-corrected chi connectivity index (χ1v) is 10.9. The van der Waals surface area contributed by atoms with Crippen molar-refractivity contribution in [3.05, 3.63) is 77.6 Å². The Morgan fingerprint density at radius 2 is 1.85 bits per heavy atom. The number of urea groups is 1. The summed E-state index contributed by atoms with van der Waals surface area (Å²) in [5.74, 6) is -0.670. The quantitative estimate of drug-likeness (QED) is 0.495. The normalized spacial score (nSPS) is 11.6. The fourth-order valence-corrected chi connectivity index (χ4v) is 4.03. The lowest BCUT2D eigenvalue weighted by Gasteiger charge is -2.21. The minimum absolute atomic E-state index is 0.0751. The molecule has 33 heavy (non-hydrogen) atoms. The number of carbonyl (C=O) groups excluding carboxylic acids is 1. The maximum absolute atomic E-state index is 12.7. The van der Waals surface area contributed by atoms with Crippen LogP contribution in [0, 0.1) is 0 Å². The number of aromatic nitrogens is 1. The molecule has 0 unspecified atom stereocenters.